The van der Waals surface area contributed by atoms with Crippen molar-refractivity contribution in [3.63, 3.8) is 0 Å². The Morgan fingerprint density at radius 1 is 1.19 bits per heavy atom. The minimum atomic E-state index is -0.529. The zero-order valence-corrected chi connectivity index (χ0v) is 13.2. The molecule has 0 aromatic heterocycles. The number of anilines is 1. The lowest BCUT2D eigenvalue weighted by atomic mass is 10.0. The normalized spacial score (nSPS) is 10.5. The molecule has 0 saturated heterocycles. The minimum Gasteiger partial charge on any atom is -0.452 e. The predicted molar refractivity (Wildman–Crippen MR) is 83.1 cm³/mol. The standard InChI is InChI=1S/C16H24N2O3/c1-5-12(6-2)18-15(19)9-21-16(20)13-8-14(17)11(4)7-10(13)3/h7-8,12H,5-6,9,17H2,1-4H3,(H,18,19). The number of carbonyl (C=O) groups excluding carboxylic acids is 2. The van der Waals surface area contributed by atoms with Crippen molar-refractivity contribution in [3.05, 3.63) is 28.8 Å². The molecule has 0 spiro atoms. The number of esters is 1. The monoisotopic (exact) mass is 292 g/mol. The largest absolute Gasteiger partial charge is 0.452 e. The molecule has 5 nitrogen and oxygen atoms in total. The maximum absolute atomic E-state index is 12.0. The lowest BCUT2D eigenvalue weighted by molar-refractivity contribution is -0.125. The van der Waals surface area contributed by atoms with Gasteiger partial charge in [0.25, 0.3) is 5.91 Å². The Morgan fingerprint density at radius 3 is 2.38 bits per heavy atom. The molecular formula is C16H24N2O3. The van der Waals surface area contributed by atoms with Crippen molar-refractivity contribution < 1.29 is 14.3 Å². The number of nitrogen functional groups attached to an aromatic ring is 1. The van der Waals surface area contributed by atoms with Gasteiger partial charge in [-0.05, 0) is 43.9 Å². The molecule has 0 atom stereocenters. The molecule has 0 aliphatic heterocycles. The minimum absolute atomic E-state index is 0.118. The lowest BCUT2D eigenvalue weighted by Crippen LogP contribution is -2.36. The van der Waals surface area contributed by atoms with E-state index < -0.39 is 5.97 Å². The van der Waals surface area contributed by atoms with Gasteiger partial charge in [0.2, 0.25) is 0 Å². The van der Waals surface area contributed by atoms with Crippen LogP contribution >= 0.6 is 0 Å². The van der Waals surface area contributed by atoms with E-state index in [1.165, 1.54) is 0 Å². The summed E-state index contributed by atoms with van der Waals surface area (Å²) in [6.45, 7) is 7.41. The summed E-state index contributed by atoms with van der Waals surface area (Å²) in [5, 5.41) is 2.82. The summed E-state index contributed by atoms with van der Waals surface area (Å²) in [6.07, 6.45) is 1.70. The Bertz CT molecular complexity index is 522. The van der Waals surface area contributed by atoms with Crippen molar-refractivity contribution in [1.82, 2.24) is 5.32 Å². The van der Waals surface area contributed by atoms with Crippen LogP contribution in [0.3, 0.4) is 0 Å². The van der Waals surface area contributed by atoms with Gasteiger partial charge in [-0.1, -0.05) is 19.9 Å². The van der Waals surface area contributed by atoms with Gasteiger partial charge in [-0.15, -0.1) is 0 Å². The summed E-state index contributed by atoms with van der Waals surface area (Å²) >= 11 is 0. The first-order valence-corrected chi connectivity index (χ1v) is 7.22. The summed E-state index contributed by atoms with van der Waals surface area (Å²) in [7, 11) is 0. The van der Waals surface area contributed by atoms with Gasteiger partial charge >= 0.3 is 5.97 Å². The van der Waals surface area contributed by atoms with Gasteiger partial charge in [0.05, 0.1) is 5.56 Å². The van der Waals surface area contributed by atoms with E-state index >= 15 is 0 Å². The number of ether oxygens (including phenoxy) is 1. The van der Waals surface area contributed by atoms with Gasteiger partial charge in [0.15, 0.2) is 6.61 Å². The molecule has 3 N–H and O–H groups in total. The number of amides is 1. The highest BCUT2D eigenvalue weighted by atomic mass is 16.5. The van der Waals surface area contributed by atoms with E-state index in [-0.39, 0.29) is 18.6 Å². The van der Waals surface area contributed by atoms with Gasteiger partial charge < -0.3 is 15.8 Å². The number of hydrogen-bond donors (Lipinski definition) is 2. The smallest absolute Gasteiger partial charge is 0.338 e. The Kier molecular flexibility index (Phi) is 6.21. The number of carbonyl (C=O) groups is 2. The Balaban J connectivity index is 2.62. The van der Waals surface area contributed by atoms with Crippen LogP contribution in [0, 0.1) is 13.8 Å². The van der Waals surface area contributed by atoms with Gasteiger partial charge in [-0.25, -0.2) is 4.79 Å². The average molecular weight is 292 g/mol. The van der Waals surface area contributed by atoms with Gasteiger partial charge in [0, 0.05) is 11.7 Å². The summed E-state index contributed by atoms with van der Waals surface area (Å²) in [6, 6.07) is 3.54. The number of aryl methyl sites for hydroxylation is 2. The van der Waals surface area contributed by atoms with E-state index in [1.807, 2.05) is 33.8 Å². The van der Waals surface area contributed by atoms with Crippen LogP contribution in [-0.2, 0) is 9.53 Å². The number of benzene rings is 1. The first-order chi connectivity index (χ1) is 9.88. The fourth-order valence-electron chi connectivity index (χ4n) is 2.06. The van der Waals surface area contributed by atoms with Crippen LogP contribution in [0.2, 0.25) is 0 Å². The van der Waals surface area contributed by atoms with Crippen LogP contribution in [0.15, 0.2) is 12.1 Å². The fourth-order valence-corrected chi connectivity index (χ4v) is 2.06. The van der Waals surface area contributed by atoms with Crippen molar-refractivity contribution in [1.29, 1.82) is 0 Å². The molecule has 1 amide bonds. The third kappa shape index (κ3) is 4.77. The molecule has 1 aromatic carbocycles. The molecule has 0 bridgehead atoms. The Labute approximate surface area is 125 Å². The van der Waals surface area contributed by atoms with E-state index in [9.17, 15) is 9.59 Å². The molecule has 0 unspecified atom stereocenters. The predicted octanol–water partition coefficient (Wildman–Crippen LogP) is 2.35. The highest BCUT2D eigenvalue weighted by molar-refractivity contribution is 5.93. The van der Waals surface area contributed by atoms with Gasteiger partial charge in [-0.2, -0.15) is 0 Å². The van der Waals surface area contributed by atoms with Crippen LogP contribution in [0.4, 0.5) is 5.69 Å². The summed E-state index contributed by atoms with van der Waals surface area (Å²) in [5.41, 5.74) is 8.43. The van der Waals surface area contributed by atoms with E-state index in [2.05, 4.69) is 5.32 Å². The van der Waals surface area contributed by atoms with Crippen molar-refractivity contribution >= 4 is 17.6 Å². The highest BCUT2D eigenvalue weighted by Crippen LogP contribution is 2.18. The molecule has 0 radical (unpaired) electrons. The fraction of sp³-hybridized carbons (Fsp3) is 0.500. The maximum Gasteiger partial charge on any atom is 0.338 e. The molecule has 0 saturated carbocycles. The van der Waals surface area contributed by atoms with Crippen LogP contribution in [-0.4, -0.2) is 24.5 Å². The first-order valence-electron chi connectivity index (χ1n) is 7.22. The number of rotatable bonds is 6. The highest BCUT2D eigenvalue weighted by Gasteiger charge is 2.15. The summed E-state index contributed by atoms with van der Waals surface area (Å²) in [5.74, 6) is -0.811. The van der Waals surface area contributed by atoms with Gasteiger partial charge in [-0.3, -0.25) is 4.79 Å². The van der Waals surface area contributed by atoms with Crippen LogP contribution in [0.25, 0.3) is 0 Å². The molecule has 1 rings (SSSR count). The SMILES string of the molecule is CCC(CC)NC(=O)COC(=O)c1cc(N)c(C)cc1C. The number of nitrogens with two attached hydrogens (primary N) is 1. The quantitative estimate of drug-likeness (QED) is 0.623. The first kappa shape index (κ1) is 17.0. The molecule has 0 fully saturated rings. The third-order valence-electron chi connectivity index (χ3n) is 3.52. The van der Waals surface area contributed by atoms with Crippen molar-refractivity contribution in [3.8, 4) is 0 Å². The lowest BCUT2D eigenvalue weighted by Gasteiger charge is -2.15. The van der Waals surface area contributed by atoms with Crippen LogP contribution in [0.5, 0.6) is 0 Å². The van der Waals surface area contributed by atoms with Crippen molar-refractivity contribution in [2.75, 3.05) is 12.3 Å². The Morgan fingerprint density at radius 2 is 1.81 bits per heavy atom. The average Bonchev–Trinajstić information content (AvgIpc) is 2.46. The zero-order chi connectivity index (χ0) is 16.0. The zero-order valence-electron chi connectivity index (χ0n) is 13.2. The number of hydrogen-bond acceptors (Lipinski definition) is 4. The molecule has 116 valence electrons. The Hall–Kier alpha value is -2.04. The summed E-state index contributed by atoms with van der Waals surface area (Å²) < 4.78 is 5.05. The second-order valence-electron chi connectivity index (χ2n) is 5.18. The van der Waals surface area contributed by atoms with E-state index in [1.54, 1.807) is 6.07 Å². The maximum atomic E-state index is 12.0. The molecule has 0 aliphatic carbocycles. The summed E-state index contributed by atoms with van der Waals surface area (Å²) in [4.78, 5) is 23.7. The van der Waals surface area contributed by atoms with Crippen LogP contribution in [0.1, 0.15) is 48.2 Å². The molecular weight excluding hydrogens is 268 g/mol. The second kappa shape index (κ2) is 7.67. The topological polar surface area (TPSA) is 81.4 Å². The van der Waals surface area contributed by atoms with E-state index in [0.717, 1.165) is 24.0 Å². The van der Waals surface area contributed by atoms with E-state index in [0.29, 0.717) is 11.3 Å². The molecule has 21 heavy (non-hydrogen) atoms. The molecule has 0 heterocycles. The van der Waals surface area contributed by atoms with Crippen molar-refractivity contribution in [2.45, 2.75) is 46.6 Å². The van der Waals surface area contributed by atoms with E-state index in [4.69, 9.17) is 10.5 Å². The third-order valence-corrected chi connectivity index (χ3v) is 3.52. The molecule has 1 aromatic rings. The van der Waals surface area contributed by atoms with Crippen LogP contribution < -0.4 is 11.1 Å². The molecule has 5 heteroatoms. The molecule has 0 aliphatic rings. The second-order valence-corrected chi connectivity index (χ2v) is 5.18. The van der Waals surface area contributed by atoms with Crippen molar-refractivity contribution in [2.24, 2.45) is 0 Å². The van der Waals surface area contributed by atoms with Gasteiger partial charge in [0.1, 0.15) is 0 Å². The number of nitrogens with one attached hydrogen (secondary N) is 1.